The van der Waals surface area contributed by atoms with E-state index in [0.717, 1.165) is 12.3 Å². The summed E-state index contributed by atoms with van der Waals surface area (Å²) in [6.07, 6.45) is 3.67. The average molecular weight is 279 g/mol. The van der Waals surface area contributed by atoms with Gasteiger partial charge in [0.25, 0.3) is 0 Å². The lowest BCUT2D eigenvalue weighted by molar-refractivity contribution is -0.158. The van der Waals surface area contributed by atoms with Crippen molar-refractivity contribution in [2.75, 3.05) is 20.7 Å². The molecule has 0 aromatic carbocycles. The van der Waals surface area contributed by atoms with Crippen molar-refractivity contribution < 1.29 is 9.53 Å². The Hall–Kier alpha value is -0.570. The van der Waals surface area contributed by atoms with Crippen LogP contribution in [0.4, 0.5) is 0 Å². The number of nitrogens with zero attached hydrogens (tertiary/aromatic N) is 1. The van der Waals surface area contributed by atoms with Crippen LogP contribution in [0.2, 0.25) is 0 Å². The molecule has 0 unspecified atom stereocenters. The van der Waals surface area contributed by atoms with Crippen LogP contribution in [-0.4, -0.2) is 37.6 Å². The van der Waals surface area contributed by atoms with Gasteiger partial charge in [-0.3, -0.25) is 4.79 Å². The van der Waals surface area contributed by atoms with E-state index in [9.17, 15) is 4.79 Å². The summed E-state index contributed by atoms with van der Waals surface area (Å²) in [7, 11) is 3.84. The first-order valence-corrected chi connectivity index (χ1v) is 8.19. The zero-order valence-corrected chi connectivity index (χ0v) is 13.6. The standard InChI is InChI=1S/C17H29NO2/c1-10(2)12-8-14-17(3)11(9-18(14)4)6-7-13(17)15(12)16(19)20-5/h10-15H,6-9H2,1-5H3/t11-,12+,13+,14-,15+,17+/m1/s1. The number of carbonyl (C=O) groups excluding carboxylic acids is 1. The summed E-state index contributed by atoms with van der Waals surface area (Å²) in [6.45, 7) is 8.21. The summed E-state index contributed by atoms with van der Waals surface area (Å²) in [4.78, 5) is 15.0. The minimum absolute atomic E-state index is 0.0450. The van der Waals surface area contributed by atoms with Crippen molar-refractivity contribution in [3.05, 3.63) is 0 Å². The molecule has 3 nitrogen and oxygen atoms in total. The number of hydrogen-bond acceptors (Lipinski definition) is 3. The average Bonchev–Trinajstić information content (AvgIpc) is 2.85. The maximum absolute atomic E-state index is 12.4. The van der Waals surface area contributed by atoms with Gasteiger partial charge in [-0.2, -0.15) is 0 Å². The van der Waals surface area contributed by atoms with Gasteiger partial charge in [-0.05, 0) is 55.4 Å². The summed E-state index contributed by atoms with van der Waals surface area (Å²) in [5.74, 6) is 2.50. The molecule has 1 saturated heterocycles. The van der Waals surface area contributed by atoms with Crippen LogP contribution in [0.3, 0.4) is 0 Å². The molecule has 3 heteroatoms. The van der Waals surface area contributed by atoms with Crippen molar-refractivity contribution in [3.63, 3.8) is 0 Å². The van der Waals surface area contributed by atoms with E-state index >= 15 is 0 Å². The van der Waals surface area contributed by atoms with Crippen LogP contribution in [0.1, 0.15) is 40.0 Å². The Morgan fingerprint density at radius 2 is 2.05 bits per heavy atom. The van der Waals surface area contributed by atoms with Gasteiger partial charge < -0.3 is 9.64 Å². The van der Waals surface area contributed by atoms with E-state index in [1.165, 1.54) is 19.4 Å². The lowest BCUT2D eigenvalue weighted by Gasteiger charge is -2.51. The Morgan fingerprint density at radius 3 is 2.65 bits per heavy atom. The quantitative estimate of drug-likeness (QED) is 0.728. The molecule has 6 atom stereocenters. The van der Waals surface area contributed by atoms with Gasteiger partial charge in [0.15, 0.2) is 0 Å². The lowest BCUT2D eigenvalue weighted by Crippen LogP contribution is -2.53. The van der Waals surface area contributed by atoms with Crippen LogP contribution < -0.4 is 0 Å². The summed E-state index contributed by atoms with van der Waals surface area (Å²) in [5, 5.41) is 0. The Balaban J connectivity index is 2.00. The van der Waals surface area contributed by atoms with E-state index in [2.05, 4.69) is 32.7 Å². The molecule has 0 radical (unpaired) electrons. The van der Waals surface area contributed by atoms with Gasteiger partial charge in [-0.15, -0.1) is 0 Å². The second-order valence-corrected chi connectivity index (χ2v) is 7.89. The maximum Gasteiger partial charge on any atom is 0.309 e. The van der Waals surface area contributed by atoms with Gasteiger partial charge in [0.2, 0.25) is 0 Å². The molecule has 0 aromatic heterocycles. The second kappa shape index (κ2) is 4.72. The van der Waals surface area contributed by atoms with E-state index in [-0.39, 0.29) is 11.9 Å². The third-order valence-corrected chi connectivity index (χ3v) is 6.98. The molecule has 0 spiro atoms. The summed E-state index contributed by atoms with van der Waals surface area (Å²) >= 11 is 0. The van der Waals surface area contributed by atoms with Crippen LogP contribution in [0, 0.1) is 35.0 Å². The molecule has 0 aromatic rings. The van der Waals surface area contributed by atoms with Gasteiger partial charge in [-0.1, -0.05) is 20.8 Å². The molecule has 0 bridgehead atoms. The number of ether oxygens (including phenoxy) is 1. The largest absolute Gasteiger partial charge is 0.469 e. The smallest absolute Gasteiger partial charge is 0.309 e. The zero-order valence-electron chi connectivity index (χ0n) is 13.6. The van der Waals surface area contributed by atoms with Gasteiger partial charge in [0.05, 0.1) is 13.0 Å². The molecule has 20 heavy (non-hydrogen) atoms. The zero-order chi connectivity index (χ0) is 14.7. The Labute approximate surface area is 123 Å². The Kier molecular flexibility index (Phi) is 3.39. The molecule has 0 N–H and O–H groups in total. The number of carbonyl (C=O) groups is 1. The second-order valence-electron chi connectivity index (χ2n) is 7.89. The fourth-order valence-corrected chi connectivity index (χ4v) is 5.93. The number of methoxy groups -OCH3 is 1. The first-order valence-electron chi connectivity index (χ1n) is 8.19. The Morgan fingerprint density at radius 1 is 1.35 bits per heavy atom. The highest BCUT2D eigenvalue weighted by Crippen LogP contribution is 2.64. The van der Waals surface area contributed by atoms with Crippen LogP contribution in [0.25, 0.3) is 0 Å². The van der Waals surface area contributed by atoms with Crippen molar-refractivity contribution in [1.82, 2.24) is 4.90 Å². The molecule has 2 saturated carbocycles. The van der Waals surface area contributed by atoms with Crippen molar-refractivity contribution >= 4 is 5.97 Å². The third-order valence-electron chi connectivity index (χ3n) is 6.98. The lowest BCUT2D eigenvalue weighted by atomic mass is 9.55. The maximum atomic E-state index is 12.4. The molecular weight excluding hydrogens is 250 g/mol. The number of likely N-dealkylation sites (tertiary alicyclic amines) is 1. The number of hydrogen-bond donors (Lipinski definition) is 0. The topological polar surface area (TPSA) is 29.5 Å². The highest BCUT2D eigenvalue weighted by molar-refractivity contribution is 5.73. The van der Waals surface area contributed by atoms with Crippen LogP contribution in [-0.2, 0) is 9.53 Å². The molecule has 1 heterocycles. The van der Waals surface area contributed by atoms with Crippen LogP contribution in [0.15, 0.2) is 0 Å². The first kappa shape index (κ1) is 14.4. The van der Waals surface area contributed by atoms with Crippen molar-refractivity contribution in [1.29, 1.82) is 0 Å². The van der Waals surface area contributed by atoms with Gasteiger partial charge in [-0.25, -0.2) is 0 Å². The molecule has 3 rings (SSSR count). The first-order chi connectivity index (χ1) is 9.41. The predicted molar refractivity (Wildman–Crippen MR) is 79.2 cm³/mol. The SMILES string of the molecule is COC(=O)[C@H]1[C@H](C(C)C)C[C@H]2N(C)C[C@H]3CC[C@@H]1[C@]32C. The number of esters is 1. The summed E-state index contributed by atoms with van der Waals surface area (Å²) in [5.41, 5.74) is 0.332. The molecule has 3 fully saturated rings. The van der Waals surface area contributed by atoms with Crippen molar-refractivity contribution in [2.45, 2.75) is 46.1 Å². The van der Waals surface area contributed by atoms with E-state index < -0.39 is 0 Å². The minimum Gasteiger partial charge on any atom is -0.469 e. The third kappa shape index (κ3) is 1.71. The van der Waals surface area contributed by atoms with Gasteiger partial charge in [0.1, 0.15) is 0 Å². The normalized spacial score (nSPS) is 47.6. The highest BCUT2D eigenvalue weighted by atomic mass is 16.5. The molecule has 1 aliphatic heterocycles. The number of rotatable bonds is 2. The monoisotopic (exact) mass is 279 g/mol. The summed E-state index contributed by atoms with van der Waals surface area (Å²) in [6, 6.07) is 0.660. The van der Waals surface area contributed by atoms with E-state index in [1.54, 1.807) is 7.11 Å². The fourth-order valence-electron chi connectivity index (χ4n) is 5.93. The minimum atomic E-state index is 0.0450. The molecule has 2 aliphatic carbocycles. The van der Waals surface area contributed by atoms with Crippen LogP contribution in [0.5, 0.6) is 0 Å². The van der Waals surface area contributed by atoms with Crippen molar-refractivity contribution in [2.24, 2.45) is 35.0 Å². The summed E-state index contributed by atoms with van der Waals surface area (Å²) < 4.78 is 5.19. The fraction of sp³-hybridized carbons (Fsp3) is 0.941. The van der Waals surface area contributed by atoms with E-state index in [4.69, 9.17) is 4.74 Å². The van der Waals surface area contributed by atoms with Crippen molar-refractivity contribution in [3.8, 4) is 0 Å². The van der Waals surface area contributed by atoms with E-state index in [0.29, 0.717) is 29.2 Å². The van der Waals surface area contributed by atoms with Gasteiger partial charge in [0, 0.05) is 12.6 Å². The van der Waals surface area contributed by atoms with E-state index in [1.807, 2.05) is 0 Å². The van der Waals surface area contributed by atoms with Gasteiger partial charge >= 0.3 is 5.97 Å². The molecule has 0 amide bonds. The Bertz CT molecular complexity index is 408. The highest BCUT2D eigenvalue weighted by Gasteiger charge is 2.64. The predicted octanol–water partition coefficient (Wildman–Crippen LogP) is 2.80. The molecule has 114 valence electrons. The molecule has 3 aliphatic rings. The molecular formula is C17H29NO2. The van der Waals surface area contributed by atoms with Crippen LogP contribution >= 0.6 is 0 Å².